The van der Waals surface area contributed by atoms with Crippen molar-refractivity contribution in [2.45, 2.75) is 26.7 Å². The van der Waals surface area contributed by atoms with Gasteiger partial charge in [0.2, 0.25) is 11.8 Å². The van der Waals surface area contributed by atoms with Gasteiger partial charge in [-0.2, -0.15) is 4.98 Å². The van der Waals surface area contributed by atoms with Gasteiger partial charge in [0.25, 0.3) is 0 Å². The van der Waals surface area contributed by atoms with E-state index in [0.717, 1.165) is 11.5 Å². The van der Waals surface area contributed by atoms with E-state index in [1.165, 1.54) is 0 Å². The van der Waals surface area contributed by atoms with Crippen LogP contribution in [-0.2, 0) is 0 Å². The summed E-state index contributed by atoms with van der Waals surface area (Å²) in [6.07, 6.45) is 0. The average molecular weight is 297 g/mol. The van der Waals surface area contributed by atoms with Gasteiger partial charge in [-0.15, -0.1) is 5.10 Å². The van der Waals surface area contributed by atoms with Gasteiger partial charge < -0.3 is 4.74 Å². The van der Waals surface area contributed by atoms with Gasteiger partial charge in [-0.3, -0.25) is 5.10 Å². The molecule has 0 unspecified atom stereocenters. The lowest BCUT2D eigenvalue weighted by Gasteiger charge is -2.06. The molecule has 2 aromatic rings. The van der Waals surface area contributed by atoms with Crippen LogP contribution >= 0.6 is 15.9 Å². The van der Waals surface area contributed by atoms with Crippen molar-refractivity contribution in [3.8, 4) is 11.8 Å². The zero-order valence-corrected chi connectivity index (χ0v) is 11.4. The highest BCUT2D eigenvalue weighted by Gasteiger charge is 2.09. The lowest BCUT2D eigenvalue weighted by atomic mass is 10.2. The number of aromatic nitrogens is 4. The molecule has 0 aliphatic rings. The number of H-pyrrole nitrogens is 1. The van der Waals surface area contributed by atoms with E-state index in [9.17, 15) is 0 Å². The second kappa shape index (κ2) is 4.83. The molecule has 0 aliphatic heterocycles. The fourth-order valence-corrected chi connectivity index (χ4v) is 1.65. The Morgan fingerprint density at radius 3 is 2.59 bits per heavy atom. The van der Waals surface area contributed by atoms with Crippen LogP contribution in [0.5, 0.6) is 11.8 Å². The summed E-state index contributed by atoms with van der Waals surface area (Å²) < 4.78 is 6.25. The summed E-state index contributed by atoms with van der Waals surface area (Å²) in [6.45, 7) is 5.98. The SMILES string of the molecule is Cc1cc(Oc2cc(Br)nc(C(C)C)n2)n[nH]1. The van der Waals surface area contributed by atoms with Crippen molar-refractivity contribution in [3.05, 3.63) is 28.3 Å². The summed E-state index contributed by atoms with van der Waals surface area (Å²) in [7, 11) is 0. The highest BCUT2D eigenvalue weighted by Crippen LogP contribution is 2.22. The average Bonchev–Trinajstić information content (AvgIpc) is 2.63. The van der Waals surface area contributed by atoms with E-state index in [1.807, 2.05) is 26.8 Å². The summed E-state index contributed by atoms with van der Waals surface area (Å²) in [5, 5.41) is 6.80. The molecule has 0 spiro atoms. The Morgan fingerprint density at radius 1 is 1.24 bits per heavy atom. The number of nitrogens with zero attached hydrogens (tertiary/aromatic N) is 3. The third kappa shape index (κ3) is 3.03. The zero-order chi connectivity index (χ0) is 12.4. The van der Waals surface area contributed by atoms with E-state index in [1.54, 1.807) is 6.07 Å². The zero-order valence-electron chi connectivity index (χ0n) is 9.86. The Morgan fingerprint density at radius 2 is 2.00 bits per heavy atom. The van der Waals surface area contributed by atoms with Crippen LogP contribution in [0.15, 0.2) is 16.7 Å². The molecular formula is C11H13BrN4O. The minimum atomic E-state index is 0.246. The number of nitrogens with one attached hydrogen (secondary N) is 1. The maximum Gasteiger partial charge on any atom is 0.240 e. The summed E-state index contributed by atoms with van der Waals surface area (Å²) >= 11 is 3.34. The number of hydrogen-bond donors (Lipinski definition) is 1. The second-order valence-electron chi connectivity index (χ2n) is 4.03. The molecule has 90 valence electrons. The molecule has 17 heavy (non-hydrogen) atoms. The third-order valence-electron chi connectivity index (χ3n) is 2.10. The largest absolute Gasteiger partial charge is 0.419 e. The molecule has 0 aliphatic carbocycles. The van der Waals surface area contributed by atoms with Crippen LogP contribution in [0.3, 0.4) is 0 Å². The quantitative estimate of drug-likeness (QED) is 0.884. The first-order valence-electron chi connectivity index (χ1n) is 5.29. The number of ether oxygens (including phenoxy) is 1. The highest BCUT2D eigenvalue weighted by molar-refractivity contribution is 9.10. The molecule has 2 heterocycles. The molecule has 1 N–H and O–H groups in total. The van der Waals surface area contributed by atoms with Crippen LogP contribution in [0.2, 0.25) is 0 Å². The van der Waals surface area contributed by atoms with E-state index in [0.29, 0.717) is 16.4 Å². The maximum atomic E-state index is 5.55. The minimum Gasteiger partial charge on any atom is -0.419 e. The second-order valence-corrected chi connectivity index (χ2v) is 4.85. The Labute approximate surface area is 108 Å². The van der Waals surface area contributed by atoms with E-state index >= 15 is 0 Å². The number of aromatic amines is 1. The smallest absolute Gasteiger partial charge is 0.240 e. The van der Waals surface area contributed by atoms with Crippen molar-refractivity contribution in [2.24, 2.45) is 0 Å². The van der Waals surface area contributed by atoms with E-state index in [4.69, 9.17) is 4.74 Å². The van der Waals surface area contributed by atoms with Crippen molar-refractivity contribution in [1.82, 2.24) is 20.2 Å². The van der Waals surface area contributed by atoms with Crippen molar-refractivity contribution in [2.75, 3.05) is 0 Å². The predicted molar refractivity (Wildman–Crippen MR) is 67.2 cm³/mol. The van der Waals surface area contributed by atoms with Crippen molar-refractivity contribution < 1.29 is 4.74 Å². The van der Waals surface area contributed by atoms with Gasteiger partial charge in [-0.1, -0.05) is 13.8 Å². The lowest BCUT2D eigenvalue weighted by Crippen LogP contribution is -2.00. The first-order valence-corrected chi connectivity index (χ1v) is 6.08. The fraction of sp³-hybridized carbons (Fsp3) is 0.364. The highest BCUT2D eigenvalue weighted by atomic mass is 79.9. The summed E-state index contributed by atoms with van der Waals surface area (Å²) in [6, 6.07) is 3.53. The molecule has 0 radical (unpaired) electrons. The van der Waals surface area contributed by atoms with Crippen LogP contribution in [0.25, 0.3) is 0 Å². The Balaban J connectivity index is 2.26. The van der Waals surface area contributed by atoms with Gasteiger partial charge in [0.1, 0.15) is 10.4 Å². The Kier molecular flexibility index (Phi) is 3.42. The van der Waals surface area contributed by atoms with Crippen LogP contribution in [0.4, 0.5) is 0 Å². The molecular weight excluding hydrogens is 284 g/mol. The lowest BCUT2D eigenvalue weighted by molar-refractivity contribution is 0.437. The Hall–Kier alpha value is -1.43. The molecule has 0 fully saturated rings. The van der Waals surface area contributed by atoms with Gasteiger partial charge in [0, 0.05) is 23.7 Å². The molecule has 0 saturated heterocycles. The van der Waals surface area contributed by atoms with Gasteiger partial charge in [0.15, 0.2) is 0 Å². The standard InChI is InChI=1S/C11H13BrN4O/c1-6(2)11-13-8(12)5-9(14-11)17-10-4-7(3)15-16-10/h4-6H,1-3H3,(H,15,16). The molecule has 0 saturated carbocycles. The van der Waals surface area contributed by atoms with Gasteiger partial charge in [-0.25, -0.2) is 4.98 Å². The summed E-state index contributed by atoms with van der Waals surface area (Å²) in [5.74, 6) is 1.97. The molecule has 0 amide bonds. The van der Waals surface area contributed by atoms with E-state index in [2.05, 4.69) is 36.1 Å². The number of aryl methyl sites for hydroxylation is 1. The van der Waals surface area contributed by atoms with Crippen molar-refractivity contribution in [3.63, 3.8) is 0 Å². The predicted octanol–water partition coefficient (Wildman–Crippen LogP) is 3.19. The molecule has 0 aromatic carbocycles. The van der Waals surface area contributed by atoms with Crippen LogP contribution in [0.1, 0.15) is 31.3 Å². The first kappa shape index (κ1) is 12.0. The molecule has 2 rings (SSSR count). The van der Waals surface area contributed by atoms with E-state index in [-0.39, 0.29) is 5.92 Å². The van der Waals surface area contributed by atoms with Crippen LogP contribution < -0.4 is 4.74 Å². The maximum absolute atomic E-state index is 5.55. The van der Waals surface area contributed by atoms with Crippen LogP contribution in [-0.4, -0.2) is 20.2 Å². The number of hydrogen-bond acceptors (Lipinski definition) is 4. The van der Waals surface area contributed by atoms with E-state index < -0.39 is 0 Å². The molecule has 5 nitrogen and oxygen atoms in total. The molecule has 6 heteroatoms. The first-order chi connectivity index (χ1) is 8.04. The van der Waals surface area contributed by atoms with Crippen molar-refractivity contribution in [1.29, 1.82) is 0 Å². The van der Waals surface area contributed by atoms with Gasteiger partial charge in [0.05, 0.1) is 0 Å². The molecule has 0 atom stereocenters. The monoisotopic (exact) mass is 296 g/mol. The minimum absolute atomic E-state index is 0.246. The van der Waals surface area contributed by atoms with Gasteiger partial charge in [-0.05, 0) is 22.9 Å². The molecule has 2 aromatic heterocycles. The Bertz CT molecular complexity index is 524. The van der Waals surface area contributed by atoms with Crippen LogP contribution in [0, 0.1) is 6.92 Å². The summed E-state index contributed by atoms with van der Waals surface area (Å²) in [5.41, 5.74) is 0.942. The number of halogens is 1. The van der Waals surface area contributed by atoms with Crippen molar-refractivity contribution >= 4 is 15.9 Å². The fourth-order valence-electron chi connectivity index (χ4n) is 1.28. The summed E-state index contributed by atoms with van der Waals surface area (Å²) in [4.78, 5) is 8.60. The normalized spacial score (nSPS) is 10.9. The number of rotatable bonds is 3. The topological polar surface area (TPSA) is 63.7 Å². The third-order valence-corrected chi connectivity index (χ3v) is 2.50. The van der Waals surface area contributed by atoms with Gasteiger partial charge >= 0.3 is 0 Å². The molecule has 0 bridgehead atoms.